The van der Waals surface area contributed by atoms with E-state index in [4.69, 9.17) is 14.2 Å². The Morgan fingerprint density at radius 1 is 1.06 bits per heavy atom. The van der Waals surface area contributed by atoms with Crippen molar-refractivity contribution in [2.45, 2.75) is 24.3 Å². The Labute approximate surface area is 205 Å². The molecule has 2 aliphatic heterocycles. The minimum Gasteiger partial charge on any atom is -0.486 e. The van der Waals surface area contributed by atoms with Crippen LogP contribution in [0.4, 0.5) is 0 Å². The molecule has 0 bridgehead atoms. The lowest BCUT2D eigenvalue weighted by Crippen LogP contribution is -2.27. The summed E-state index contributed by atoms with van der Waals surface area (Å²) in [5, 5.41) is 0. The highest BCUT2D eigenvalue weighted by Crippen LogP contribution is 2.35. The third-order valence-corrected chi connectivity index (χ3v) is 8.82. The van der Waals surface area contributed by atoms with Gasteiger partial charge in [0.05, 0.1) is 22.2 Å². The van der Waals surface area contributed by atoms with Crippen molar-refractivity contribution in [2.75, 3.05) is 33.4 Å². The van der Waals surface area contributed by atoms with Crippen LogP contribution in [-0.2, 0) is 26.1 Å². The first-order valence-electron chi connectivity index (χ1n) is 11.1. The fourth-order valence-electron chi connectivity index (χ4n) is 4.04. The monoisotopic (exact) mass is 517 g/mol. The number of fused-ring (bicyclic) bond motifs is 2. The molecule has 2 aliphatic rings. The second-order valence-corrected chi connectivity index (χ2v) is 11.0. The molecule has 12 heteroatoms. The second-order valence-electron chi connectivity index (χ2n) is 8.06. The quantitative estimate of drug-likeness (QED) is 0.476. The number of benzene rings is 2. The minimum atomic E-state index is -3.57. The number of sulfonamides is 1. The largest absolute Gasteiger partial charge is 0.486 e. The molecule has 3 aromatic rings. The molecule has 1 saturated heterocycles. The molecule has 184 valence electrons. The van der Waals surface area contributed by atoms with Crippen LogP contribution in [0.2, 0.25) is 0 Å². The van der Waals surface area contributed by atoms with E-state index in [-0.39, 0.29) is 17.0 Å². The molecule has 0 atom stereocenters. The predicted octanol–water partition coefficient (Wildman–Crippen LogP) is 2.17. The number of amides is 1. The van der Waals surface area contributed by atoms with Crippen LogP contribution >= 0.6 is 11.3 Å². The normalized spacial score (nSPS) is 16.5. The molecule has 2 aromatic carbocycles. The number of methoxy groups -OCH3 is 1. The van der Waals surface area contributed by atoms with Gasteiger partial charge >= 0.3 is 5.97 Å². The lowest BCUT2D eigenvalue weighted by atomic mass is 10.2. The first kappa shape index (κ1) is 23.5. The average molecular weight is 518 g/mol. The van der Waals surface area contributed by atoms with Crippen LogP contribution in [0.25, 0.3) is 10.2 Å². The molecule has 1 fully saturated rings. The summed E-state index contributed by atoms with van der Waals surface area (Å²) in [6, 6.07) is 9.30. The summed E-state index contributed by atoms with van der Waals surface area (Å²) in [7, 11) is -2.29. The molecular formula is C23H23N3O7S2. The van der Waals surface area contributed by atoms with Gasteiger partial charge in [0.1, 0.15) is 19.8 Å². The van der Waals surface area contributed by atoms with Crippen molar-refractivity contribution < 1.29 is 32.2 Å². The lowest BCUT2D eigenvalue weighted by molar-refractivity contribution is -0.141. The van der Waals surface area contributed by atoms with Gasteiger partial charge in [0, 0.05) is 30.8 Å². The Bertz CT molecular complexity index is 1470. The number of rotatable bonds is 5. The molecule has 0 saturated carbocycles. The van der Waals surface area contributed by atoms with Gasteiger partial charge in [-0.2, -0.15) is 9.30 Å². The Morgan fingerprint density at radius 3 is 2.37 bits per heavy atom. The van der Waals surface area contributed by atoms with Crippen molar-refractivity contribution in [2.24, 2.45) is 4.99 Å². The van der Waals surface area contributed by atoms with Gasteiger partial charge in [0.15, 0.2) is 16.3 Å². The van der Waals surface area contributed by atoms with Gasteiger partial charge in [-0.25, -0.2) is 8.42 Å². The highest BCUT2D eigenvalue weighted by Gasteiger charge is 2.27. The van der Waals surface area contributed by atoms with Gasteiger partial charge in [-0.15, -0.1) is 0 Å². The number of nitrogens with zero attached hydrogens (tertiary/aromatic N) is 3. The highest BCUT2D eigenvalue weighted by atomic mass is 32.2. The topological polar surface area (TPSA) is 117 Å². The summed E-state index contributed by atoms with van der Waals surface area (Å²) in [4.78, 5) is 29.7. The number of ether oxygens (including phenoxy) is 3. The van der Waals surface area contributed by atoms with E-state index in [1.54, 1.807) is 16.7 Å². The van der Waals surface area contributed by atoms with Crippen LogP contribution < -0.4 is 14.3 Å². The number of thiazole rings is 1. The molecule has 0 radical (unpaired) electrons. The number of carbonyl (C=O) groups excluding carboxylic acids is 2. The van der Waals surface area contributed by atoms with Crippen molar-refractivity contribution in [3.63, 3.8) is 0 Å². The van der Waals surface area contributed by atoms with Crippen molar-refractivity contribution in [3.8, 4) is 11.5 Å². The van der Waals surface area contributed by atoms with E-state index >= 15 is 0 Å². The van der Waals surface area contributed by atoms with Crippen molar-refractivity contribution in [1.29, 1.82) is 0 Å². The molecule has 5 rings (SSSR count). The summed E-state index contributed by atoms with van der Waals surface area (Å²) in [6.45, 7) is 1.72. The molecule has 35 heavy (non-hydrogen) atoms. The Hall–Kier alpha value is -3.22. The van der Waals surface area contributed by atoms with E-state index in [9.17, 15) is 18.0 Å². The number of aromatic nitrogens is 1. The molecule has 10 nitrogen and oxygen atoms in total. The van der Waals surface area contributed by atoms with E-state index in [0.29, 0.717) is 48.1 Å². The first-order valence-corrected chi connectivity index (χ1v) is 13.3. The van der Waals surface area contributed by atoms with Gasteiger partial charge in [-0.1, -0.05) is 11.3 Å². The molecule has 1 aromatic heterocycles. The molecule has 0 aliphatic carbocycles. The molecule has 0 N–H and O–H groups in total. The van der Waals surface area contributed by atoms with Gasteiger partial charge in [-0.3, -0.25) is 9.59 Å². The van der Waals surface area contributed by atoms with Crippen molar-refractivity contribution in [1.82, 2.24) is 8.87 Å². The van der Waals surface area contributed by atoms with Crippen LogP contribution in [0.15, 0.2) is 46.3 Å². The van der Waals surface area contributed by atoms with E-state index in [2.05, 4.69) is 4.99 Å². The van der Waals surface area contributed by atoms with Gasteiger partial charge in [-0.05, 0) is 37.1 Å². The second kappa shape index (κ2) is 9.44. The van der Waals surface area contributed by atoms with E-state index < -0.39 is 21.9 Å². The van der Waals surface area contributed by atoms with E-state index in [1.807, 2.05) is 0 Å². The molecule has 1 amide bonds. The summed E-state index contributed by atoms with van der Waals surface area (Å²) in [6.07, 6.45) is 1.69. The van der Waals surface area contributed by atoms with Crippen LogP contribution in [-0.4, -0.2) is 62.6 Å². The van der Waals surface area contributed by atoms with Crippen LogP contribution in [0.1, 0.15) is 23.2 Å². The Kier molecular flexibility index (Phi) is 6.34. The summed E-state index contributed by atoms with van der Waals surface area (Å²) in [5.41, 5.74) is 0.890. The summed E-state index contributed by atoms with van der Waals surface area (Å²) in [5.74, 6) is 0.0817. The third kappa shape index (κ3) is 4.56. The zero-order valence-corrected chi connectivity index (χ0v) is 20.6. The van der Waals surface area contributed by atoms with Crippen LogP contribution in [0.3, 0.4) is 0 Å². The maximum absolute atomic E-state index is 13.0. The maximum Gasteiger partial charge on any atom is 0.325 e. The van der Waals surface area contributed by atoms with E-state index in [1.165, 1.54) is 47.0 Å². The SMILES string of the molecule is COC(=O)Cn1c(=NC(=O)c2ccc(S(=O)(=O)N3CCCC3)cc2)sc2cc3c(cc21)OCCO3. The highest BCUT2D eigenvalue weighted by molar-refractivity contribution is 7.89. The third-order valence-electron chi connectivity index (χ3n) is 5.86. The lowest BCUT2D eigenvalue weighted by Gasteiger charge is -2.18. The maximum atomic E-state index is 13.0. The number of hydrogen-bond acceptors (Lipinski definition) is 8. The molecule has 3 heterocycles. The first-order chi connectivity index (χ1) is 16.9. The fraction of sp³-hybridized carbons (Fsp3) is 0.348. The number of hydrogen-bond donors (Lipinski definition) is 0. The van der Waals surface area contributed by atoms with Gasteiger partial charge in [0.2, 0.25) is 10.0 Å². The average Bonchev–Trinajstić information content (AvgIpc) is 3.52. The molecular weight excluding hydrogens is 494 g/mol. The smallest absolute Gasteiger partial charge is 0.325 e. The fourth-order valence-corrected chi connectivity index (χ4v) is 6.59. The van der Waals surface area contributed by atoms with E-state index in [0.717, 1.165) is 17.5 Å². The van der Waals surface area contributed by atoms with Crippen LogP contribution in [0, 0.1) is 0 Å². The standard InChI is InChI=1S/C23H23N3O7S2/c1-31-21(27)14-26-17-12-18-19(33-11-10-32-18)13-20(17)34-23(26)24-22(28)15-4-6-16(7-5-15)35(29,30)25-8-2-3-9-25/h4-7,12-13H,2-3,8-11,14H2,1H3. The predicted molar refractivity (Wildman–Crippen MR) is 127 cm³/mol. The minimum absolute atomic E-state index is 0.143. The Balaban J connectivity index is 1.51. The zero-order chi connectivity index (χ0) is 24.6. The van der Waals surface area contributed by atoms with Crippen molar-refractivity contribution in [3.05, 3.63) is 46.8 Å². The number of esters is 1. The van der Waals surface area contributed by atoms with Gasteiger partial charge in [0.25, 0.3) is 5.91 Å². The number of carbonyl (C=O) groups is 2. The Morgan fingerprint density at radius 2 is 1.71 bits per heavy atom. The van der Waals surface area contributed by atoms with Crippen LogP contribution in [0.5, 0.6) is 11.5 Å². The van der Waals surface area contributed by atoms with Gasteiger partial charge < -0.3 is 18.8 Å². The summed E-state index contributed by atoms with van der Waals surface area (Å²) < 4.78 is 45.4. The molecule has 0 unspecified atom stereocenters. The molecule has 0 spiro atoms. The summed E-state index contributed by atoms with van der Waals surface area (Å²) >= 11 is 1.23. The van der Waals surface area contributed by atoms with Crippen molar-refractivity contribution >= 4 is 43.5 Å². The zero-order valence-electron chi connectivity index (χ0n) is 18.9.